The van der Waals surface area contributed by atoms with Crippen LogP contribution in [0.5, 0.6) is 0 Å². The summed E-state index contributed by atoms with van der Waals surface area (Å²) in [6, 6.07) is 0. The summed E-state index contributed by atoms with van der Waals surface area (Å²) in [6.07, 6.45) is 1.11. The molecule has 0 bridgehead atoms. The van der Waals surface area contributed by atoms with Gasteiger partial charge in [0.05, 0.1) is 5.69 Å². The number of hydrogen-bond donors (Lipinski definition) is 0. The molecule has 102 valence electrons. The third-order valence-corrected chi connectivity index (χ3v) is 3.84. The molecule has 0 saturated carbocycles. The lowest BCUT2D eigenvalue weighted by atomic mass is 10.0. The molecule has 0 fully saturated rings. The Hall–Kier alpha value is -1.50. The molecule has 6 nitrogen and oxygen atoms in total. The van der Waals surface area contributed by atoms with Gasteiger partial charge in [0.1, 0.15) is 5.69 Å². The number of ketones is 1. The predicted molar refractivity (Wildman–Crippen MR) is 74.0 cm³/mol. The van der Waals surface area contributed by atoms with Crippen LogP contribution in [-0.4, -0.2) is 30.6 Å². The zero-order valence-electron chi connectivity index (χ0n) is 11.4. The number of nitrogens with zero attached hydrogens (tertiary/aromatic N) is 5. The Morgan fingerprint density at radius 3 is 2.42 bits per heavy atom. The van der Waals surface area contributed by atoms with Crippen LogP contribution in [0.4, 0.5) is 0 Å². The Morgan fingerprint density at radius 2 is 1.95 bits per heavy atom. The Bertz CT molecular complexity index is 609. The minimum absolute atomic E-state index is 0.0297. The van der Waals surface area contributed by atoms with Gasteiger partial charge >= 0.3 is 0 Å². The van der Waals surface area contributed by atoms with Crippen LogP contribution in [0.15, 0.2) is 4.60 Å². The second kappa shape index (κ2) is 5.24. The topological polar surface area (TPSA) is 65.6 Å². The summed E-state index contributed by atoms with van der Waals surface area (Å²) in [5.41, 5.74) is 3.74. The molecule has 0 spiro atoms. The molecule has 0 aliphatic carbocycles. The second-order valence-electron chi connectivity index (χ2n) is 4.55. The van der Waals surface area contributed by atoms with Gasteiger partial charge in [-0.15, -0.1) is 5.10 Å². The third kappa shape index (κ3) is 2.60. The molecule has 0 N–H and O–H groups in total. The molecule has 0 aromatic carbocycles. The molecule has 19 heavy (non-hydrogen) atoms. The highest BCUT2D eigenvalue weighted by atomic mass is 79.9. The van der Waals surface area contributed by atoms with E-state index >= 15 is 0 Å². The van der Waals surface area contributed by atoms with E-state index in [2.05, 4.69) is 31.3 Å². The van der Waals surface area contributed by atoms with Gasteiger partial charge in [0.15, 0.2) is 10.4 Å². The summed E-state index contributed by atoms with van der Waals surface area (Å²) in [4.78, 5) is 12.2. The van der Waals surface area contributed by atoms with Gasteiger partial charge in [0.2, 0.25) is 0 Å². The maximum absolute atomic E-state index is 12.2. The molecule has 2 heterocycles. The summed E-state index contributed by atoms with van der Waals surface area (Å²) in [7, 11) is 3.63. The lowest BCUT2D eigenvalue weighted by Crippen LogP contribution is -2.09. The molecule has 2 aromatic rings. The average Bonchev–Trinajstić information content (AvgIpc) is 2.79. The molecule has 0 unspecified atom stereocenters. The smallest absolute Gasteiger partial charge is 0.184 e. The van der Waals surface area contributed by atoms with E-state index in [4.69, 9.17) is 0 Å². The fourth-order valence-electron chi connectivity index (χ4n) is 2.16. The SMILES string of the molecule is Cc1nn(C)c(C)c1CCC(=O)c1c(Br)nnn1C. The Balaban J connectivity index is 2.13. The largest absolute Gasteiger partial charge is 0.292 e. The van der Waals surface area contributed by atoms with E-state index in [0.29, 0.717) is 23.1 Å². The predicted octanol–water partition coefficient (Wildman–Crippen LogP) is 1.74. The van der Waals surface area contributed by atoms with Crippen LogP contribution in [0.3, 0.4) is 0 Å². The zero-order chi connectivity index (χ0) is 14.2. The van der Waals surface area contributed by atoms with Crippen LogP contribution < -0.4 is 0 Å². The van der Waals surface area contributed by atoms with Crippen molar-refractivity contribution in [3.8, 4) is 0 Å². The first-order valence-corrected chi connectivity index (χ1v) is 6.78. The van der Waals surface area contributed by atoms with Gasteiger partial charge in [-0.2, -0.15) is 5.10 Å². The van der Waals surface area contributed by atoms with Crippen LogP contribution in [-0.2, 0) is 20.5 Å². The van der Waals surface area contributed by atoms with E-state index in [1.807, 2.05) is 25.6 Å². The first-order valence-electron chi connectivity index (χ1n) is 5.99. The summed E-state index contributed by atoms with van der Waals surface area (Å²) in [5, 5.41) is 12.0. The minimum Gasteiger partial charge on any atom is -0.292 e. The molecule has 0 radical (unpaired) electrons. The Labute approximate surface area is 119 Å². The molecular weight excluding hydrogens is 310 g/mol. The van der Waals surface area contributed by atoms with E-state index < -0.39 is 0 Å². The van der Waals surface area contributed by atoms with Crippen molar-refractivity contribution in [3.63, 3.8) is 0 Å². The molecule has 7 heteroatoms. The van der Waals surface area contributed by atoms with Crippen molar-refractivity contribution in [2.45, 2.75) is 26.7 Å². The minimum atomic E-state index is 0.0297. The van der Waals surface area contributed by atoms with Crippen LogP contribution in [0.2, 0.25) is 0 Å². The first-order chi connectivity index (χ1) is 8.91. The number of aromatic nitrogens is 5. The van der Waals surface area contributed by atoms with Crippen molar-refractivity contribution in [2.75, 3.05) is 0 Å². The maximum Gasteiger partial charge on any atom is 0.184 e. The normalized spacial score (nSPS) is 11.0. The van der Waals surface area contributed by atoms with Crippen LogP contribution in [0, 0.1) is 13.8 Å². The number of halogens is 1. The Morgan fingerprint density at radius 1 is 1.26 bits per heavy atom. The van der Waals surface area contributed by atoms with Gasteiger partial charge in [-0.3, -0.25) is 9.48 Å². The molecule has 2 aromatic heterocycles. The molecule has 0 amide bonds. The molecule has 0 saturated heterocycles. The maximum atomic E-state index is 12.2. The number of rotatable bonds is 4. The fraction of sp³-hybridized carbons (Fsp3) is 0.500. The molecule has 2 rings (SSSR count). The van der Waals surface area contributed by atoms with Crippen molar-refractivity contribution in [3.05, 3.63) is 27.2 Å². The average molecular weight is 326 g/mol. The molecule has 0 atom stereocenters. The number of hydrogen-bond acceptors (Lipinski definition) is 4. The lowest BCUT2D eigenvalue weighted by molar-refractivity contribution is 0.0973. The Kier molecular flexibility index (Phi) is 3.84. The second-order valence-corrected chi connectivity index (χ2v) is 5.30. The highest BCUT2D eigenvalue weighted by Gasteiger charge is 2.18. The standard InChI is InChI=1S/C12H16BrN5O/c1-7-9(8(2)17(3)15-7)5-6-10(19)11-12(13)14-16-18(11)4/h5-6H2,1-4H3. The molecule has 0 aliphatic heterocycles. The van der Waals surface area contributed by atoms with Gasteiger partial charge < -0.3 is 0 Å². The van der Waals surface area contributed by atoms with Gasteiger partial charge in [0, 0.05) is 26.2 Å². The summed E-state index contributed by atoms with van der Waals surface area (Å²) in [5.74, 6) is 0.0297. The molecular formula is C12H16BrN5O. The van der Waals surface area contributed by atoms with E-state index in [1.165, 1.54) is 4.68 Å². The van der Waals surface area contributed by atoms with Crippen molar-refractivity contribution >= 4 is 21.7 Å². The van der Waals surface area contributed by atoms with E-state index in [-0.39, 0.29) is 5.78 Å². The fourth-order valence-corrected chi connectivity index (χ4v) is 2.71. The van der Waals surface area contributed by atoms with E-state index in [1.54, 1.807) is 7.05 Å². The number of Topliss-reactive ketones (excluding diaryl/α,β-unsaturated/α-hetero) is 1. The number of aryl methyl sites for hydroxylation is 3. The van der Waals surface area contributed by atoms with Crippen molar-refractivity contribution < 1.29 is 4.79 Å². The van der Waals surface area contributed by atoms with Gasteiger partial charge in [-0.05, 0) is 41.8 Å². The highest BCUT2D eigenvalue weighted by molar-refractivity contribution is 9.10. The quantitative estimate of drug-likeness (QED) is 0.803. The first kappa shape index (κ1) is 13.9. The van der Waals surface area contributed by atoms with Gasteiger partial charge in [-0.25, -0.2) is 4.68 Å². The van der Waals surface area contributed by atoms with Crippen molar-refractivity contribution in [1.82, 2.24) is 24.8 Å². The van der Waals surface area contributed by atoms with Crippen LogP contribution in [0.1, 0.15) is 33.9 Å². The zero-order valence-corrected chi connectivity index (χ0v) is 13.0. The monoisotopic (exact) mass is 325 g/mol. The van der Waals surface area contributed by atoms with Gasteiger partial charge in [-0.1, -0.05) is 5.21 Å². The van der Waals surface area contributed by atoms with Crippen molar-refractivity contribution in [2.24, 2.45) is 14.1 Å². The summed E-state index contributed by atoms with van der Waals surface area (Å²) in [6.45, 7) is 3.98. The highest BCUT2D eigenvalue weighted by Crippen LogP contribution is 2.18. The molecule has 0 aliphatic rings. The number of carbonyl (C=O) groups excluding carboxylic acids is 1. The van der Waals surface area contributed by atoms with E-state index in [0.717, 1.165) is 17.0 Å². The van der Waals surface area contributed by atoms with Gasteiger partial charge in [0.25, 0.3) is 0 Å². The number of carbonyl (C=O) groups is 1. The lowest BCUT2D eigenvalue weighted by Gasteiger charge is -2.03. The third-order valence-electron chi connectivity index (χ3n) is 3.31. The summed E-state index contributed by atoms with van der Waals surface area (Å²) >= 11 is 3.25. The van der Waals surface area contributed by atoms with Crippen molar-refractivity contribution in [1.29, 1.82) is 0 Å². The van der Waals surface area contributed by atoms with Crippen LogP contribution >= 0.6 is 15.9 Å². The van der Waals surface area contributed by atoms with E-state index in [9.17, 15) is 4.79 Å². The van der Waals surface area contributed by atoms with Crippen LogP contribution in [0.25, 0.3) is 0 Å². The summed E-state index contributed by atoms with van der Waals surface area (Å²) < 4.78 is 3.84.